The minimum atomic E-state index is -0.884. The molecular formula is C34H30ClN3O6S. The van der Waals surface area contributed by atoms with Crippen LogP contribution in [0.1, 0.15) is 43.5 Å². The van der Waals surface area contributed by atoms with E-state index in [1.807, 2.05) is 49.4 Å². The Morgan fingerprint density at radius 3 is 2.49 bits per heavy atom. The molecule has 6 rings (SSSR count). The highest BCUT2D eigenvalue weighted by molar-refractivity contribution is 7.07. The van der Waals surface area contributed by atoms with Gasteiger partial charge in [0.2, 0.25) is 0 Å². The zero-order valence-electron chi connectivity index (χ0n) is 25.1. The molecule has 0 bridgehead atoms. The predicted molar refractivity (Wildman–Crippen MR) is 173 cm³/mol. The standard InChI is InChI=1S/C34H30ClN3O6S/c1-5-43-26-17-20(15-16-25(26)42-4)29-27(33(41)44-6-2)19(3)36-34-38(29)32(40)30(45-34)28-22-12-8-10-14-24(22)37(31(28)39)18-21-11-7-9-13-23(21)35/h7-17,29H,5-6,18H2,1-4H3/b30-28+/t29-/m1/s1. The van der Waals surface area contributed by atoms with Crippen LogP contribution in [0, 0.1) is 0 Å². The molecule has 2 aliphatic rings. The van der Waals surface area contributed by atoms with Gasteiger partial charge in [-0.3, -0.25) is 14.2 Å². The van der Waals surface area contributed by atoms with Crippen molar-refractivity contribution < 1.29 is 23.8 Å². The number of aromatic nitrogens is 1. The van der Waals surface area contributed by atoms with Gasteiger partial charge in [0, 0.05) is 10.6 Å². The fourth-order valence-corrected chi connectivity index (χ4v) is 7.07. The highest BCUT2D eigenvalue weighted by Crippen LogP contribution is 2.38. The maximum atomic E-state index is 14.5. The second kappa shape index (κ2) is 12.4. The summed E-state index contributed by atoms with van der Waals surface area (Å²) in [6.45, 7) is 6.06. The number of benzene rings is 3. The summed E-state index contributed by atoms with van der Waals surface area (Å²) in [4.78, 5) is 48.7. The van der Waals surface area contributed by atoms with Gasteiger partial charge in [-0.2, -0.15) is 0 Å². The third-order valence-corrected chi connectivity index (χ3v) is 9.15. The molecule has 0 fully saturated rings. The lowest BCUT2D eigenvalue weighted by Gasteiger charge is -2.25. The number of carbonyl (C=O) groups is 2. The number of methoxy groups -OCH3 is 1. The number of halogens is 1. The van der Waals surface area contributed by atoms with E-state index >= 15 is 0 Å². The maximum Gasteiger partial charge on any atom is 0.338 e. The molecule has 0 spiro atoms. The summed E-state index contributed by atoms with van der Waals surface area (Å²) < 4.78 is 18.4. The lowest BCUT2D eigenvalue weighted by atomic mass is 9.95. The number of thiazole rings is 1. The Kier molecular flexibility index (Phi) is 8.35. The second-order valence-corrected chi connectivity index (χ2v) is 11.7. The molecule has 1 amide bonds. The fourth-order valence-electron chi connectivity index (χ4n) is 5.74. The van der Waals surface area contributed by atoms with Crippen LogP contribution in [0.2, 0.25) is 5.02 Å². The molecule has 0 N–H and O–H groups in total. The van der Waals surface area contributed by atoms with Crippen LogP contribution in [0.4, 0.5) is 5.69 Å². The van der Waals surface area contributed by atoms with Crippen LogP contribution in [-0.2, 0) is 20.9 Å². The van der Waals surface area contributed by atoms with E-state index in [1.54, 1.807) is 50.1 Å². The number of ether oxygens (including phenoxy) is 3. The smallest absolute Gasteiger partial charge is 0.338 e. The summed E-state index contributed by atoms with van der Waals surface area (Å²) in [5, 5.41) is 0.545. The minimum absolute atomic E-state index is 0.149. The number of allylic oxidation sites excluding steroid dienone is 1. The zero-order chi connectivity index (χ0) is 31.8. The molecule has 3 aromatic carbocycles. The van der Waals surface area contributed by atoms with Gasteiger partial charge in [0.05, 0.1) is 55.4 Å². The van der Waals surface area contributed by atoms with Gasteiger partial charge in [-0.05, 0) is 56.2 Å². The molecule has 4 aromatic rings. The molecule has 0 saturated carbocycles. The second-order valence-electron chi connectivity index (χ2n) is 10.3. The minimum Gasteiger partial charge on any atom is -0.493 e. The summed E-state index contributed by atoms with van der Waals surface area (Å²) in [6, 6.07) is 19.1. The van der Waals surface area contributed by atoms with Crippen molar-refractivity contribution in [2.24, 2.45) is 4.99 Å². The highest BCUT2D eigenvalue weighted by atomic mass is 35.5. The number of hydrogen-bond acceptors (Lipinski definition) is 8. The number of carbonyl (C=O) groups excluding carboxylic acids is 2. The van der Waals surface area contributed by atoms with Crippen LogP contribution >= 0.6 is 22.9 Å². The molecule has 2 aliphatic heterocycles. The first kappa shape index (κ1) is 30.4. The van der Waals surface area contributed by atoms with Crippen molar-refractivity contribution in [1.29, 1.82) is 0 Å². The third kappa shape index (κ3) is 5.23. The van der Waals surface area contributed by atoms with Gasteiger partial charge in [-0.15, -0.1) is 0 Å². The van der Waals surface area contributed by atoms with Crippen LogP contribution in [-0.4, -0.2) is 36.8 Å². The number of esters is 1. The van der Waals surface area contributed by atoms with E-state index in [4.69, 9.17) is 25.8 Å². The Morgan fingerprint density at radius 1 is 1.00 bits per heavy atom. The molecule has 0 radical (unpaired) electrons. The molecule has 11 heteroatoms. The largest absolute Gasteiger partial charge is 0.493 e. The molecule has 45 heavy (non-hydrogen) atoms. The molecule has 1 atom stereocenters. The number of para-hydroxylation sites is 1. The van der Waals surface area contributed by atoms with Crippen molar-refractivity contribution in [3.8, 4) is 11.5 Å². The van der Waals surface area contributed by atoms with Gasteiger partial charge in [-0.1, -0.05) is 65.4 Å². The summed E-state index contributed by atoms with van der Waals surface area (Å²) in [5.74, 6) is 0.0850. The van der Waals surface area contributed by atoms with Crippen molar-refractivity contribution in [1.82, 2.24) is 4.57 Å². The van der Waals surface area contributed by atoms with E-state index in [0.29, 0.717) is 50.4 Å². The number of rotatable bonds is 8. The topological polar surface area (TPSA) is 99.4 Å². The summed E-state index contributed by atoms with van der Waals surface area (Å²) in [7, 11) is 1.54. The van der Waals surface area contributed by atoms with E-state index in [-0.39, 0.29) is 34.7 Å². The SMILES string of the molecule is CCOC(=O)C1=C(C)N=c2s/c(=C3/C(=O)N(Cc4ccccc4Cl)c4ccccc43)c(=O)n2[C@@H]1c1ccc(OC)c(OCC)c1. The Labute approximate surface area is 268 Å². The number of hydrogen-bond donors (Lipinski definition) is 0. The quantitative estimate of drug-likeness (QED) is 0.257. The Bertz CT molecular complexity index is 2060. The predicted octanol–water partition coefficient (Wildman–Crippen LogP) is 4.78. The van der Waals surface area contributed by atoms with E-state index in [1.165, 1.54) is 4.57 Å². The van der Waals surface area contributed by atoms with Crippen LogP contribution in [0.25, 0.3) is 5.57 Å². The molecular weight excluding hydrogens is 614 g/mol. The fraction of sp³-hybridized carbons (Fsp3) is 0.235. The number of nitrogens with zero attached hydrogens (tertiary/aromatic N) is 3. The van der Waals surface area contributed by atoms with Gasteiger partial charge in [0.1, 0.15) is 4.53 Å². The molecule has 9 nitrogen and oxygen atoms in total. The molecule has 0 aliphatic carbocycles. The molecule has 0 saturated heterocycles. The van der Waals surface area contributed by atoms with E-state index in [9.17, 15) is 14.4 Å². The monoisotopic (exact) mass is 643 g/mol. The lowest BCUT2D eigenvalue weighted by Crippen LogP contribution is -2.41. The zero-order valence-corrected chi connectivity index (χ0v) is 26.7. The first-order valence-electron chi connectivity index (χ1n) is 14.5. The summed E-state index contributed by atoms with van der Waals surface area (Å²) in [5.41, 5.74) is 3.20. The van der Waals surface area contributed by atoms with Crippen LogP contribution in [0.15, 0.2) is 87.8 Å². The van der Waals surface area contributed by atoms with Gasteiger partial charge in [0.25, 0.3) is 11.5 Å². The van der Waals surface area contributed by atoms with Crippen molar-refractivity contribution in [2.75, 3.05) is 25.2 Å². The van der Waals surface area contributed by atoms with E-state index < -0.39 is 17.6 Å². The molecule has 0 unspecified atom stereocenters. The van der Waals surface area contributed by atoms with Gasteiger partial charge in [0.15, 0.2) is 16.3 Å². The number of amides is 1. The van der Waals surface area contributed by atoms with Crippen molar-refractivity contribution >= 4 is 46.1 Å². The van der Waals surface area contributed by atoms with Crippen molar-refractivity contribution in [2.45, 2.75) is 33.4 Å². The van der Waals surface area contributed by atoms with Gasteiger partial charge >= 0.3 is 5.97 Å². The first-order valence-corrected chi connectivity index (χ1v) is 15.7. The van der Waals surface area contributed by atoms with Crippen LogP contribution in [0.3, 0.4) is 0 Å². The first-order chi connectivity index (χ1) is 21.8. The van der Waals surface area contributed by atoms with Gasteiger partial charge in [-0.25, -0.2) is 9.79 Å². The number of fused-ring (bicyclic) bond motifs is 2. The normalized spacial score (nSPS) is 16.7. The molecule has 230 valence electrons. The average Bonchev–Trinajstić information content (AvgIpc) is 3.49. The van der Waals surface area contributed by atoms with Crippen LogP contribution < -0.4 is 29.3 Å². The van der Waals surface area contributed by atoms with Gasteiger partial charge < -0.3 is 19.1 Å². The van der Waals surface area contributed by atoms with Crippen molar-refractivity contribution in [3.63, 3.8) is 0 Å². The maximum absolute atomic E-state index is 14.5. The van der Waals surface area contributed by atoms with E-state index in [0.717, 1.165) is 16.9 Å². The Morgan fingerprint density at radius 2 is 1.76 bits per heavy atom. The average molecular weight is 644 g/mol. The van der Waals surface area contributed by atoms with Crippen LogP contribution in [0.5, 0.6) is 11.5 Å². The molecule has 1 aromatic heterocycles. The van der Waals surface area contributed by atoms with E-state index in [2.05, 4.69) is 4.99 Å². The third-order valence-electron chi connectivity index (χ3n) is 7.73. The summed E-state index contributed by atoms with van der Waals surface area (Å²) >= 11 is 7.58. The Balaban J connectivity index is 1.58. The van der Waals surface area contributed by atoms with Crippen molar-refractivity contribution in [3.05, 3.63) is 119 Å². The Hall–Kier alpha value is -4.67. The summed E-state index contributed by atoms with van der Waals surface area (Å²) in [6.07, 6.45) is 0. The highest BCUT2D eigenvalue weighted by Gasteiger charge is 2.37. The molecule has 3 heterocycles. The number of anilines is 1. The lowest BCUT2D eigenvalue weighted by molar-refractivity contribution is -0.139.